The molecule has 1 amide bonds. The minimum atomic E-state index is -3.71. The van der Waals surface area contributed by atoms with E-state index in [1.807, 2.05) is 30.3 Å². The summed E-state index contributed by atoms with van der Waals surface area (Å²) in [6.45, 7) is 13.3. The summed E-state index contributed by atoms with van der Waals surface area (Å²) in [5, 5.41) is 11.4. The molecule has 0 bridgehead atoms. The number of methoxy groups -OCH3 is 2. The largest absolute Gasteiger partial charge is 0.497 e. The van der Waals surface area contributed by atoms with Crippen LogP contribution < -0.4 is 30.3 Å². The highest BCUT2D eigenvalue weighted by atomic mass is 32.2. The molecule has 2 aliphatic heterocycles. The molecule has 0 atom stereocenters. The molecule has 428 valence electrons. The number of benzene rings is 4. The monoisotopic (exact) mass is 1110 g/mol. The van der Waals surface area contributed by atoms with Gasteiger partial charge < -0.3 is 54.7 Å². The van der Waals surface area contributed by atoms with Gasteiger partial charge in [-0.25, -0.2) is 21.6 Å². The van der Waals surface area contributed by atoms with E-state index in [9.17, 15) is 26.4 Å². The second-order valence-corrected chi connectivity index (χ2v) is 24.4. The first-order valence-electron chi connectivity index (χ1n) is 26.0. The predicted molar refractivity (Wildman–Crippen MR) is 307 cm³/mol. The van der Waals surface area contributed by atoms with Crippen molar-refractivity contribution in [2.24, 2.45) is 11.8 Å². The number of carboxylic acid groups (broad SMARTS) is 1. The molecule has 4 N–H and O–H groups in total. The van der Waals surface area contributed by atoms with Crippen LogP contribution in [0.1, 0.15) is 47.9 Å². The molecular formula is C56H86N8O11S2. The number of amides is 1. The van der Waals surface area contributed by atoms with Gasteiger partial charge in [-0.1, -0.05) is 12.1 Å². The third-order valence-electron chi connectivity index (χ3n) is 13.4. The molecule has 21 heteroatoms. The Balaban J connectivity index is 0.000000276. The van der Waals surface area contributed by atoms with Crippen molar-refractivity contribution in [2.75, 3.05) is 156 Å². The summed E-state index contributed by atoms with van der Waals surface area (Å²) in [4.78, 5) is 32.6. The maximum absolute atomic E-state index is 13.1. The lowest BCUT2D eigenvalue weighted by Crippen LogP contribution is -2.37. The Labute approximate surface area is 459 Å². The molecule has 0 radical (unpaired) electrons. The molecule has 0 aliphatic carbocycles. The van der Waals surface area contributed by atoms with Crippen LogP contribution in [0.15, 0.2) is 82.6 Å². The minimum Gasteiger partial charge on any atom is -0.497 e. The fraction of sp³-hybridized carbons (Fsp3) is 0.536. The molecule has 2 saturated heterocycles. The molecule has 0 saturated carbocycles. The average molecular weight is 1110 g/mol. The number of rotatable bonds is 23. The van der Waals surface area contributed by atoms with E-state index in [2.05, 4.69) is 71.3 Å². The summed E-state index contributed by atoms with van der Waals surface area (Å²) in [6.07, 6.45) is 4.88. The SMILES string of the molecule is CN(C)CC1CCN(c2cccc(N)c2)CC1.COc1cc(C)c(S(=O)(=O)N(C)CCOCC(=O)Nc2cccc(N3CCC(CN(C)C)CC3)c2)c(C)c1.COc1cc(C)c(S(=O)(=O)N(C)CCOCC(=O)O)c(C)c1. The fourth-order valence-corrected chi connectivity index (χ4v) is 12.7. The molecule has 4 aromatic rings. The number of aryl methyl sites for hydroxylation is 4. The summed E-state index contributed by atoms with van der Waals surface area (Å²) in [5.74, 6) is 1.42. The number of nitrogens with one attached hydrogen (secondary N) is 1. The predicted octanol–water partition coefficient (Wildman–Crippen LogP) is 6.45. The number of carbonyl (C=O) groups is 2. The Kier molecular flexibility index (Phi) is 25.4. The molecule has 2 fully saturated rings. The first-order chi connectivity index (χ1) is 36.3. The van der Waals surface area contributed by atoms with Crippen LogP contribution >= 0.6 is 0 Å². The van der Waals surface area contributed by atoms with E-state index in [-0.39, 0.29) is 48.6 Å². The second kappa shape index (κ2) is 30.6. The number of likely N-dealkylation sites (N-methyl/N-ethyl adjacent to an activating group) is 2. The molecular weight excluding hydrogens is 1020 g/mol. The van der Waals surface area contributed by atoms with Gasteiger partial charge in [-0.3, -0.25) is 4.79 Å². The first kappa shape index (κ1) is 64.0. The standard InChI is InChI=1S/C28H42N4O5S.C14H23N3.C14H21NO6S/c1-21-16-26(36-6)17-22(2)28(21)38(34,35)31(5)14-15-37-20-27(33)29-24-8-7-9-25(18-24)32-12-10-23(11-13-32)19-30(3)4;1-16(2)11-12-6-8-17(9-7-12)14-5-3-4-13(15)10-14;1-10-7-12(20-4)8-11(2)14(10)22(18,19)15(3)5-6-21-9-13(16)17/h7-9,16-18,23H,10-15,19-20H2,1-6H3,(H,29,33);3-5,10,12H,6-9,11,15H2,1-2H3;7-8H,5-6,9H2,1-4H3,(H,16,17). The highest BCUT2D eigenvalue weighted by Gasteiger charge is 2.27. The van der Waals surface area contributed by atoms with Gasteiger partial charge in [-0.15, -0.1) is 0 Å². The van der Waals surface area contributed by atoms with E-state index in [4.69, 9.17) is 29.8 Å². The number of aliphatic carboxylic acids is 1. The van der Waals surface area contributed by atoms with E-state index in [1.54, 1.807) is 59.1 Å². The number of carbonyl (C=O) groups excluding carboxylic acids is 1. The van der Waals surface area contributed by atoms with E-state index >= 15 is 0 Å². The van der Waals surface area contributed by atoms with Crippen molar-refractivity contribution < 1.29 is 50.5 Å². The molecule has 0 unspecified atom stereocenters. The van der Waals surface area contributed by atoms with E-state index < -0.39 is 32.6 Å². The van der Waals surface area contributed by atoms with Crippen molar-refractivity contribution in [2.45, 2.75) is 63.2 Å². The maximum Gasteiger partial charge on any atom is 0.329 e. The second-order valence-electron chi connectivity index (χ2n) is 20.4. The summed E-state index contributed by atoms with van der Waals surface area (Å²) < 4.78 is 74.6. The van der Waals surface area contributed by atoms with Gasteiger partial charge in [0.25, 0.3) is 0 Å². The van der Waals surface area contributed by atoms with Crippen LogP contribution in [-0.2, 0) is 39.1 Å². The normalized spacial score (nSPS) is 14.5. The van der Waals surface area contributed by atoms with Crippen molar-refractivity contribution in [1.29, 1.82) is 0 Å². The van der Waals surface area contributed by atoms with Gasteiger partial charge in [0.05, 0.1) is 37.2 Å². The number of nitrogens with zero attached hydrogens (tertiary/aromatic N) is 6. The van der Waals surface area contributed by atoms with Gasteiger partial charge in [-0.2, -0.15) is 8.61 Å². The zero-order chi connectivity index (χ0) is 57.0. The molecule has 4 aromatic carbocycles. The molecule has 2 aliphatic rings. The lowest BCUT2D eigenvalue weighted by Gasteiger charge is -2.34. The van der Waals surface area contributed by atoms with Crippen LogP contribution in [0, 0.1) is 39.5 Å². The number of sulfonamides is 2. The number of anilines is 4. The van der Waals surface area contributed by atoms with Crippen LogP contribution in [0.4, 0.5) is 22.7 Å². The van der Waals surface area contributed by atoms with E-state index in [0.717, 1.165) is 78.8 Å². The van der Waals surface area contributed by atoms with Gasteiger partial charge >= 0.3 is 5.97 Å². The van der Waals surface area contributed by atoms with Crippen molar-refractivity contribution in [3.63, 3.8) is 0 Å². The van der Waals surface area contributed by atoms with Crippen molar-refractivity contribution in [3.05, 3.63) is 95.1 Å². The van der Waals surface area contributed by atoms with E-state index in [0.29, 0.717) is 33.8 Å². The van der Waals surface area contributed by atoms with Crippen molar-refractivity contribution in [1.82, 2.24) is 18.4 Å². The fourth-order valence-electron chi connectivity index (χ4n) is 9.61. The van der Waals surface area contributed by atoms with Crippen molar-refractivity contribution in [3.8, 4) is 11.5 Å². The van der Waals surface area contributed by atoms with Crippen molar-refractivity contribution >= 4 is 54.7 Å². The van der Waals surface area contributed by atoms with Crippen LogP contribution in [-0.4, -0.2) is 188 Å². The zero-order valence-electron chi connectivity index (χ0n) is 47.5. The first-order valence-corrected chi connectivity index (χ1v) is 28.9. The summed E-state index contributed by atoms with van der Waals surface area (Å²) in [6, 6.07) is 22.8. The molecule has 2 heterocycles. The highest BCUT2D eigenvalue weighted by molar-refractivity contribution is 7.89. The summed E-state index contributed by atoms with van der Waals surface area (Å²) in [5.41, 5.74) is 12.2. The van der Waals surface area contributed by atoms with Gasteiger partial charge in [0.2, 0.25) is 26.0 Å². The Morgan fingerprint density at radius 3 is 1.38 bits per heavy atom. The molecule has 0 spiro atoms. The lowest BCUT2D eigenvalue weighted by molar-refractivity contribution is -0.142. The Hall–Kier alpha value is -5.52. The molecule has 0 aromatic heterocycles. The van der Waals surface area contributed by atoms with Crippen LogP contribution in [0.3, 0.4) is 0 Å². The Morgan fingerprint density at radius 1 is 0.610 bits per heavy atom. The topological polar surface area (TPSA) is 217 Å². The number of piperidine rings is 2. The quantitative estimate of drug-likeness (QED) is 0.0538. The number of carboxylic acids is 1. The minimum absolute atomic E-state index is 0.0102. The van der Waals surface area contributed by atoms with Crippen LogP contribution in [0.25, 0.3) is 0 Å². The summed E-state index contributed by atoms with van der Waals surface area (Å²) >= 11 is 0. The number of hydrogen-bond donors (Lipinski definition) is 3. The zero-order valence-corrected chi connectivity index (χ0v) is 49.1. The Morgan fingerprint density at radius 2 is 1.00 bits per heavy atom. The maximum atomic E-state index is 13.1. The van der Waals surface area contributed by atoms with Gasteiger partial charge in [0.15, 0.2) is 0 Å². The average Bonchev–Trinajstić information content (AvgIpc) is 3.36. The van der Waals surface area contributed by atoms with Gasteiger partial charge in [0.1, 0.15) is 24.7 Å². The van der Waals surface area contributed by atoms with Crippen LogP contribution in [0.2, 0.25) is 0 Å². The number of nitrogen functional groups attached to an aromatic ring is 1. The number of nitrogens with two attached hydrogens (primary N) is 1. The smallest absolute Gasteiger partial charge is 0.329 e. The third-order valence-corrected chi connectivity index (χ3v) is 17.8. The molecule has 19 nitrogen and oxygen atoms in total. The molecule has 77 heavy (non-hydrogen) atoms. The number of hydrogen-bond acceptors (Lipinski definition) is 15. The highest BCUT2D eigenvalue weighted by Crippen LogP contribution is 2.30. The van der Waals surface area contributed by atoms with Crippen LogP contribution in [0.5, 0.6) is 11.5 Å². The van der Waals surface area contributed by atoms with Gasteiger partial charge in [-0.05, 0) is 176 Å². The Bertz CT molecular complexity index is 2700. The van der Waals surface area contributed by atoms with Gasteiger partial charge in [0, 0.05) is 89.2 Å². The summed E-state index contributed by atoms with van der Waals surface area (Å²) in [7, 11) is 7.18. The number of ether oxygens (including phenoxy) is 4. The molecule has 6 rings (SSSR count). The lowest BCUT2D eigenvalue weighted by atomic mass is 9.96. The van der Waals surface area contributed by atoms with E-state index in [1.165, 1.54) is 50.6 Å². The third kappa shape index (κ3) is 20.0.